The zero-order valence-corrected chi connectivity index (χ0v) is 8.57. The van der Waals surface area contributed by atoms with Crippen LogP contribution in [0.1, 0.15) is 5.56 Å². The summed E-state index contributed by atoms with van der Waals surface area (Å²) in [7, 11) is 0. The number of allylic oxidation sites excluding steroid dienone is 1. The normalized spacial score (nSPS) is 10.9. The Hall–Kier alpha value is -0.340. The van der Waals surface area contributed by atoms with Crippen LogP contribution in [0.3, 0.4) is 0 Å². The molecule has 0 saturated heterocycles. The van der Waals surface area contributed by atoms with Crippen LogP contribution in [-0.4, -0.2) is 5.33 Å². The van der Waals surface area contributed by atoms with Crippen LogP contribution in [0.15, 0.2) is 24.3 Å². The fraction of sp³-hybridized carbons (Fsp3) is 0.111. The maximum atomic E-state index is 12.7. The zero-order valence-electron chi connectivity index (χ0n) is 6.23. The minimum Gasteiger partial charge on any atom is -0.207 e. The minimum absolute atomic E-state index is 0.309. The van der Waals surface area contributed by atoms with Gasteiger partial charge in [0.05, 0.1) is 0 Å². The molecule has 0 aliphatic heterocycles. The quantitative estimate of drug-likeness (QED) is 0.698. The predicted molar refractivity (Wildman–Crippen MR) is 54.2 cm³/mol. The van der Waals surface area contributed by atoms with E-state index < -0.39 is 0 Å². The van der Waals surface area contributed by atoms with Crippen LogP contribution in [0.2, 0.25) is 5.02 Å². The fourth-order valence-electron chi connectivity index (χ4n) is 0.852. The topological polar surface area (TPSA) is 0 Å². The van der Waals surface area contributed by atoms with E-state index in [0.29, 0.717) is 5.02 Å². The van der Waals surface area contributed by atoms with Crippen LogP contribution in [0.5, 0.6) is 0 Å². The number of halogens is 3. The maximum absolute atomic E-state index is 12.7. The van der Waals surface area contributed by atoms with E-state index >= 15 is 0 Å². The SMILES string of the molecule is Fc1cc(Cl)cc(C=CCBr)c1. The van der Waals surface area contributed by atoms with Gasteiger partial charge < -0.3 is 0 Å². The second-order valence-corrected chi connectivity index (χ2v) is 3.34. The molecule has 0 radical (unpaired) electrons. The fourth-order valence-corrected chi connectivity index (χ4v) is 1.27. The highest BCUT2D eigenvalue weighted by Gasteiger charge is 1.94. The van der Waals surface area contributed by atoms with Crippen molar-refractivity contribution in [1.29, 1.82) is 0 Å². The van der Waals surface area contributed by atoms with Gasteiger partial charge in [-0.3, -0.25) is 0 Å². The molecule has 0 unspecified atom stereocenters. The molecule has 0 bridgehead atoms. The minimum atomic E-state index is -0.309. The van der Waals surface area contributed by atoms with E-state index in [1.54, 1.807) is 6.07 Å². The number of alkyl halides is 1. The van der Waals surface area contributed by atoms with Crippen molar-refractivity contribution in [3.63, 3.8) is 0 Å². The van der Waals surface area contributed by atoms with Crippen LogP contribution >= 0.6 is 27.5 Å². The molecule has 0 nitrogen and oxygen atoms in total. The van der Waals surface area contributed by atoms with Gasteiger partial charge in [0, 0.05) is 10.4 Å². The van der Waals surface area contributed by atoms with Gasteiger partial charge in [-0.25, -0.2) is 4.39 Å². The molecule has 1 aromatic rings. The van der Waals surface area contributed by atoms with Crippen molar-refractivity contribution >= 4 is 33.6 Å². The van der Waals surface area contributed by atoms with Gasteiger partial charge in [0.15, 0.2) is 0 Å². The van der Waals surface area contributed by atoms with Crippen molar-refractivity contribution in [2.45, 2.75) is 0 Å². The lowest BCUT2D eigenvalue weighted by atomic mass is 10.2. The molecule has 0 amide bonds. The van der Waals surface area contributed by atoms with Crippen molar-refractivity contribution in [1.82, 2.24) is 0 Å². The molecule has 0 spiro atoms. The highest BCUT2D eigenvalue weighted by molar-refractivity contribution is 9.09. The summed E-state index contributed by atoms with van der Waals surface area (Å²) >= 11 is 8.87. The Kier molecular flexibility index (Phi) is 3.76. The van der Waals surface area contributed by atoms with Gasteiger partial charge in [-0.1, -0.05) is 39.7 Å². The van der Waals surface area contributed by atoms with Gasteiger partial charge >= 0.3 is 0 Å². The van der Waals surface area contributed by atoms with Crippen LogP contribution in [-0.2, 0) is 0 Å². The molecule has 0 heterocycles. The van der Waals surface area contributed by atoms with Gasteiger partial charge in [0.1, 0.15) is 5.82 Å². The molecule has 0 aliphatic carbocycles. The monoisotopic (exact) mass is 248 g/mol. The van der Waals surface area contributed by atoms with E-state index in [1.807, 2.05) is 12.2 Å². The smallest absolute Gasteiger partial charge is 0.125 e. The molecule has 0 N–H and O–H groups in total. The van der Waals surface area contributed by atoms with E-state index in [-0.39, 0.29) is 5.82 Å². The first-order chi connectivity index (χ1) is 5.72. The third kappa shape index (κ3) is 2.95. The van der Waals surface area contributed by atoms with Crippen molar-refractivity contribution < 1.29 is 4.39 Å². The van der Waals surface area contributed by atoms with Crippen molar-refractivity contribution in [2.24, 2.45) is 0 Å². The molecular weight excluding hydrogens is 242 g/mol. The summed E-state index contributed by atoms with van der Waals surface area (Å²) in [6.45, 7) is 0. The van der Waals surface area contributed by atoms with Gasteiger partial charge in [-0.05, 0) is 23.8 Å². The third-order valence-electron chi connectivity index (χ3n) is 1.28. The lowest BCUT2D eigenvalue weighted by molar-refractivity contribution is 0.627. The Morgan fingerprint density at radius 1 is 1.42 bits per heavy atom. The van der Waals surface area contributed by atoms with Crippen LogP contribution < -0.4 is 0 Å². The summed E-state index contributed by atoms with van der Waals surface area (Å²) in [5.41, 5.74) is 0.777. The lowest BCUT2D eigenvalue weighted by Crippen LogP contribution is -1.77. The standard InChI is InChI=1S/C9H7BrClF/c10-3-1-2-7-4-8(11)6-9(12)5-7/h1-2,4-6H,3H2. The molecule has 1 rings (SSSR count). The van der Waals surface area contributed by atoms with E-state index in [1.165, 1.54) is 12.1 Å². The van der Waals surface area contributed by atoms with Crippen LogP contribution in [0.25, 0.3) is 6.08 Å². The summed E-state index contributed by atoms with van der Waals surface area (Å²) in [5, 5.41) is 1.17. The van der Waals surface area contributed by atoms with Gasteiger partial charge in [-0.15, -0.1) is 0 Å². The average Bonchev–Trinajstić information content (AvgIpc) is 1.99. The highest BCUT2D eigenvalue weighted by atomic mass is 79.9. The molecule has 64 valence electrons. The van der Waals surface area contributed by atoms with Crippen molar-refractivity contribution in [3.8, 4) is 0 Å². The molecule has 0 fully saturated rings. The molecule has 0 atom stereocenters. The van der Waals surface area contributed by atoms with Crippen molar-refractivity contribution in [3.05, 3.63) is 40.7 Å². The lowest BCUT2D eigenvalue weighted by Gasteiger charge is -1.95. The first kappa shape index (κ1) is 9.75. The number of hydrogen-bond donors (Lipinski definition) is 0. The Morgan fingerprint density at radius 2 is 2.17 bits per heavy atom. The second kappa shape index (κ2) is 4.63. The van der Waals surface area contributed by atoms with Crippen LogP contribution in [0.4, 0.5) is 4.39 Å². The second-order valence-electron chi connectivity index (χ2n) is 2.26. The predicted octanol–water partition coefficient (Wildman–Crippen LogP) is 3.89. The Bertz CT molecular complexity index is 276. The molecule has 12 heavy (non-hydrogen) atoms. The number of rotatable bonds is 2. The first-order valence-corrected chi connectivity index (χ1v) is 4.91. The molecule has 0 aromatic heterocycles. The highest BCUT2D eigenvalue weighted by Crippen LogP contribution is 2.15. The molecule has 0 saturated carbocycles. The summed E-state index contributed by atoms with van der Waals surface area (Å²) < 4.78 is 12.7. The van der Waals surface area contributed by atoms with Crippen LogP contribution in [0, 0.1) is 5.82 Å². The van der Waals surface area contributed by atoms with Gasteiger partial charge in [0.25, 0.3) is 0 Å². The third-order valence-corrected chi connectivity index (χ3v) is 1.88. The summed E-state index contributed by atoms with van der Waals surface area (Å²) in [5.74, 6) is -0.309. The van der Waals surface area contributed by atoms with Crippen molar-refractivity contribution in [2.75, 3.05) is 5.33 Å². The molecule has 1 aromatic carbocycles. The Labute approximate surface area is 84.2 Å². The Morgan fingerprint density at radius 3 is 2.75 bits per heavy atom. The first-order valence-electron chi connectivity index (χ1n) is 3.41. The summed E-state index contributed by atoms with van der Waals surface area (Å²) in [4.78, 5) is 0. The van der Waals surface area contributed by atoms with E-state index in [4.69, 9.17) is 11.6 Å². The van der Waals surface area contributed by atoms with E-state index in [9.17, 15) is 4.39 Å². The van der Waals surface area contributed by atoms with Gasteiger partial charge in [-0.2, -0.15) is 0 Å². The molecular formula is C9H7BrClF. The number of benzene rings is 1. The Balaban J connectivity index is 2.93. The van der Waals surface area contributed by atoms with E-state index in [0.717, 1.165) is 10.9 Å². The molecule has 0 aliphatic rings. The molecule has 3 heteroatoms. The summed E-state index contributed by atoms with van der Waals surface area (Å²) in [6.07, 6.45) is 3.69. The van der Waals surface area contributed by atoms with E-state index in [2.05, 4.69) is 15.9 Å². The summed E-state index contributed by atoms with van der Waals surface area (Å²) in [6, 6.07) is 4.43. The largest absolute Gasteiger partial charge is 0.207 e. The average molecular weight is 250 g/mol. The maximum Gasteiger partial charge on any atom is 0.125 e. The zero-order chi connectivity index (χ0) is 8.97. The number of hydrogen-bond acceptors (Lipinski definition) is 0. The van der Waals surface area contributed by atoms with Gasteiger partial charge in [0.2, 0.25) is 0 Å².